The Bertz CT molecular complexity index is 941. The minimum Gasteiger partial charge on any atom is -0.354 e. The number of piperidine rings is 1. The van der Waals surface area contributed by atoms with Gasteiger partial charge in [-0.3, -0.25) is 0 Å². The van der Waals surface area contributed by atoms with Crippen molar-refractivity contribution in [3.63, 3.8) is 0 Å². The van der Waals surface area contributed by atoms with E-state index in [0.717, 1.165) is 39.7 Å². The number of nitrogens with zero attached hydrogens (tertiary/aromatic N) is 4. The highest BCUT2D eigenvalue weighted by atomic mass is 32.1. The van der Waals surface area contributed by atoms with E-state index in [-0.39, 0.29) is 5.92 Å². The number of anilines is 1. The minimum atomic E-state index is -0.775. The summed E-state index contributed by atoms with van der Waals surface area (Å²) in [6.07, 6.45) is 3.82. The molecule has 6 nitrogen and oxygen atoms in total. The highest BCUT2D eigenvalue weighted by molar-refractivity contribution is 7.21. The van der Waals surface area contributed by atoms with Gasteiger partial charge in [-0.1, -0.05) is 0 Å². The van der Waals surface area contributed by atoms with Crippen LogP contribution in [0.3, 0.4) is 0 Å². The summed E-state index contributed by atoms with van der Waals surface area (Å²) in [6, 6.07) is 7.78. The third-order valence-electron chi connectivity index (χ3n) is 4.79. The molecule has 4 rings (SSSR count). The molecule has 0 saturated carbocycles. The van der Waals surface area contributed by atoms with E-state index in [1.807, 2.05) is 29.2 Å². The number of hydrogen-bond donors (Lipinski definition) is 2. The molecule has 1 aliphatic heterocycles. The fourth-order valence-corrected chi connectivity index (χ4v) is 4.17. The van der Waals surface area contributed by atoms with E-state index in [1.54, 1.807) is 17.5 Å². The summed E-state index contributed by atoms with van der Waals surface area (Å²) in [6.45, 7) is 1.60. The predicted molar refractivity (Wildman–Crippen MR) is 108 cm³/mol. The zero-order valence-corrected chi connectivity index (χ0v) is 15.6. The number of pyridine rings is 2. The summed E-state index contributed by atoms with van der Waals surface area (Å²) in [5, 5.41) is 8.31. The van der Waals surface area contributed by atoms with Crippen molar-refractivity contribution in [1.82, 2.24) is 15.0 Å². The van der Waals surface area contributed by atoms with Crippen molar-refractivity contribution in [2.24, 2.45) is 5.73 Å². The number of aromatic nitrogens is 3. The second-order valence-corrected chi connectivity index (χ2v) is 7.71. The molecule has 1 fully saturated rings. The van der Waals surface area contributed by atoms with Gasteiger partial charge in [0, 0.05) is 37.0 Å². The maximum Gasteiger partial charge on any atom is 0.171 e. The molecule has 0 spiro atoms. The van der Waals surface area contributed by atoms with Crippen molar-refractivity contribution in [2.75, 3.05) is 24.5 Å². The summed E-state index contributed by atoms with van der Waals surface area (Å²) < 4.78 is 14.6. The molecule has 27 heavy (non-hydrogen) atoms. The zero-order chi connectivity index (χ0) is 18.8. The van der Waals surface area contributed by atoms with Crippen LogP contribution in [0.2, 0.25) is 0 Å². The standard InChI is InChI=1S/C19H21FN6S/c20-14-2-1-7-26(11-14)17-6-3-12(10-23-17)19-25-18-16(27-19)5-4-15(24-18)13(8-21)9-22/h3-6,8,10,13-14,21H,1-2,7,9,11,22H2/t13?,14-/m1/s1. The number of nitrogens with one attached hydrogen (secondary N) is 1. The molecule has 8 heteroatoms. The molecule has 1 unspecified atom stereocenters. The maximum atomic E-state index is 13.6. The SMILES string of the molecule is N=CC(CN)c1ccc2sc(-c3ccc(N4CCC[C@@H](F)C4)nc3)nc2n1. The van der Waals surface area contributed by atoms with Crippen LogP contribution in [0.15, 0.2) is 30.5 Å². The third-order valence-corrected chi connectivity index (χ3v) is 5.85. The van der Waals surface area contributed by atoms with Gasteiger partial charge in [0.2, 0.25) is 0 Å². The minimum absolute atomic E-state index is 0.190. The molecule has 0 amide bonds. The van der Waals surface area contributed by atoms with Crippen LogP contribution >= 0.6 is 11.3 Å². The largest absolute Gasteiger partial charge is 0.354 e. The molecule has 1 aliphatic rings. The Morgan fingerprint density at radius 3 is 2.93 bits per heavy atom. The van der Waals surface area contributed by atoms with Crippen molar-refractivity contribution in [3.05, 3.63) is 36.2 Å². The summed E-state index contributed by atoms with van der Waals surface area (Å²) >= 11 is 1.55. The van der Waals surface area contributed by atoms with Gasteiger partial charge >= 0.3 is 0 Å². The number of hydrogen-bond acceptors (Lipinski definition) is 7. The van der Waals surface area contributed by atoms with E-state index in [2.05, 4.69) is 15.0 Å². The predicted octanol–water partition coefficient (Wildman–Crippen LogP) is 3.38. The van der Waals surface area contributed by atoms with Crippen molar-refractivity contribution in [3.8, 4) is 10.6 Å². The smallest absolute Gasteiger partial charge is 0.171 e. The summed E-state index contributed by atoms with van der Waals surface area (Å²) in [7, 11) is 0. The molecule has 3 N–H and O–H groups in total. The van der Waals surface area contributed by atoms with E-state index >= 15 is 0 Å². The van der Waals surface area contributed by atoms with Gasteiger partial charge in [0.25, 0.3) is 0 Å². The van der Waals surface area contributed by atoms with Crippen molar-refractivity contribution < 1.29 is 4.39 Å². The van der Waals surface area contributed by atoms with E-state index < -0.39 is 6.17 Å². The molecule has 0 radical (unpaired) electrons. The van der Waals surface area contributed by atoms with Crippen molar-refractivity contribution in [1.29, 1.82) is 5.41 Å². The van der Waals surface area contributed by atoms with Crippen LogP contribution in [0.1, 0.15) is 24.5 Å². The monoisotopic (exact) mass is 384 g/mol. The number of nitrogens with two attached hydrogens (primary N) is 1. The van der Waals surface area contributed by atoms with E-state index in [0.29, 0.717) is 25.2 Å². The van der Waals surface area contributed by atoms with Crippen molar-refractivity contribution in [2.45, 2.75) is 24.9 Å². The highest BCUT2D eigenvalue weighted by Gasteiger charge is 2.20. The van der Waals surface area contributed by atoms with E-state index in [1.165, 1.54) is 6.21 Å². The summed E-state index contributed by atoms with van der Waals surface area (Å²) in [5.74, 6) is 0.615. The molecule has 1 saturated heterocycles. The van der Waals surface area contributed by atoms with Crippen molar-refractivity contribution >= 4 is 33.7 Å². The third kappa shape index (κ3) is 3.68. The van der Waals surface area contributed by atoms with E-state index in [4.69, 9.17) is 11.1 Å². The first-order valence-electron chi connectivity index (χ1n) is 9.01. The molecule has 0 aromatic carbocycles. The van der Waals surface area contributed by atoms with Gasteiger partial charge in [0.05, 0.1) is 16.9 Å². The molecule has 3 aromatic heterocycles. The quantitative estimate of drug-likeness (QED) is 0.658. The Morgan fingerprint density at radius 1 is 1.33 bits per heavy atom. The lowest BCUT2D eigenvalue weighted by molar-refractivity contribution is 0.286. The fraction of sp³-hybridized carbons (Fsp3) is 0.368. The molecular formula is C19H21FN6S. The first-order chi connectivity index (χ1) is 13.2. The fourth-order valence-electron chi connectivity index (χ4n) is 3.27. The topological polar surface area (TPSA) is 91.8 Å². The second kappa shape index (κ2) is 7.66. The average Bonchev–Trinajstić information content (AvgIpc) is 3.13. The van der Waals surface area contributed by atoms with Gasteiger partial charge in [-0.25, -0.2) is 19.3 Å². The molecule has 4 heterocycles. The molecule has 0 aliphatic carbocycles. The highest BCUT2D eigenvalue weighted by Crippen LogP contribution is 2.31. The van der Waals surface area contributed by atoms with Gasteiger partial charge in [0.1, 0.15) is 17.0 Å². The number of thiazole rings is 1. The first kappa shape index (κ1) is 17.9. The number of halogens is 1. The van der Waals surface area contributed by atoms with Crippen LogP contribution in [-0.2, 0) is 0 Å². The van der Waals surface area contributed by atoms with Crippen LogP contribution in [-0.4, -0.2) is 47.0 Å². The summed E-state index contributed by atoms with van der Waals surface area (Å²) in [5.41, 5.74) is 8.03. The molecule has 3 aromatic rings. The van der Waals surface area contributed by atoms with Gasteiger partial charge in [-0.2, -0.15) is 0 Å². The molecule has 140 valence electrons. The lowest BCUT2D eigenvalue weighted by Gasteiger charge is -2.29. The Balaban J connectivity index is 1.59. The Morgan fingerprint density at radius 2 is 2.22 bits per heavy atom. The van der Waals surface area contributed by atoms with Gasteiger partial charge in [-0.15, -0.1) is 11.3 Å². The average molecular weight is 384 g/mol. The van der Waals surface area contributed by atoms with Gasteiger partial charge < -0.3 is 16.0 Å². The molecular weight excluding hydrogens is 363 g/mol. The number of fused-ring (bicyclic) bond motifs is 1. The first-order valence-corrected chi connectivity index (χ1v) is 9.83. The Labute approximate surface area is 160 Å². The number of rotatable bonds is 5. The Kier molecular flexibility index (Phi) is 5.09. The molecule has 0 bridgehead atoms. The van der Waals surface area contributed by atoms with Crippen LogP contribution in [0.25, 0.3) is 20.9 Å². The second-order valence-electron chi connectivity index (χ2n) is 6.68. The molecule has 2 atom stereocenters. The van der Waals surface area contributed by atoms with E-state index in [9.17, 15) is 4.39 Å². The van der Waals surface area contributed by atoms with Crippen LogP contribution < -0.4 is 10.6 Å². The normalized spacial score (nSPS) is 18.6. The van der Waals surface area contributed by atoms with Crippen LogP contribution in [0.4, 0.5) is 10.2 Å². The maximum absolute atomic E-state index is 13.6. The van der Waals surface area contributed by atoms with Crippen LogP contribution in [0.5, 0.6) is 0 Å². The van der Waals surface area contributed by atoms with Gasteiger partial charge in [-0.05, 0) is 37.1 Å². The Hall–Kier alpha value is -2.45. The lowest BCUT2D eigenvalue weighted by Crippen LogP contribution is -2.36. The lowest BCUT2D eigenvalue weighted by atomic mass is 10.1. The van der Waals surface area contributed by atoms with Gasteiger partial charge in [0.15, 0.2) is 5.65 Å². The summed E-state index contributed by atoms with van der Waals surface area (Å²) in [4.78, 5) is 15.7. The van der Waals surface area contributed by atoms with Crippen LogP contribution in [0, 0.1) is 5.41 Å². The number of alkyl halides is 1. The zero-order valence-electron chi connectivity index (χ0n) is 14.8.